The van der Waals surface area contributed by atoms with Crippen LogP contribution in [0.15, 0.2) is 4.52 Å². The number of ether oxygens (including phenoxy) is 1. The summed E-state index contributed by atoms with van der Waals surface area (Å²) < 4.78 is 10.3. The van der Waals surface area contributed by atoms with Crippen LogP contribution in [0.1, 0.15) is 38.6 Å². The molecule has 0 aliphatic carbocycles. The average molecular weight is 279 g/mol. The summed E-state index contributed by atoms with van der Waals surface area (Å²) in [5.41, 5.74) is 5.70. The van der Waals surface area contributed by atoms with Gasteiger partial charge in [-0.05, 0) is 27.8 Å². The first-order chi connectivity index (χ1) is 7.81. The Morgan fingerprint density at radius 2 is 2.11 bits per heavy atom. The van der Waals surface area contributed by atoms with E-state index in [9.17, 15) is 0 Å². The first-order valence-corrected chi connectivity index (χ1v) is 5.64. The largest absolute Gasteiger partial charge is 0.374 e. The number of hydrogen-bond acceptors (Lipinski definition) is 6. The molecule has 1 aromatic heterocycles. The van der Waals surface area contributed by atoms with Gasteiger partial charge in [-0.2, -0.15) is 4.98 Å². The van der Waals surface area contributed by atoms with E-state index in [4.69, 9.17) is 15.0 Å². The van der Waals surface area contributed by atoms with Crippen LogP contribution in [0, 0.1) is 0 Å². The summed E-state index contributed by atoms with van der Waals surface area (Å²) >= 11 is 0. The molecule has 0 spiro atoms. The summed E-state index contributed by atoms with van der Waals surface area (Å²) in [5, 5.41) is 3.87. The van der Waals surface area contributed by atoms with Gasteiger partial charge in [-0.1, -0.05) is 5.16 Å². The molecule has 0 bridgehead atoms. The molecule has 1 aromatic rings. The van der Waals surface area contributed by atoms with E-state index in [2.05, 4.69) is 15.0 Å². The molecule has 1 heterocycles. The summed E-state index contributed by atoms with van der Waals surface area (Å²) in [4.78, 5) is 6.32. The van der Waals surface area contributed by atoms with Gasteiger partial charge in [0.25, 0.3) is 0 Å². The van der Waals surface area contributed by atoms with Crippen molar-refractivity contribution in [2.75, 3.05) is 20.7 Å². The zero-order valence-electron chi connectivity index (χ0n) is 11.6. The summed E-state index contributed by atoms with van der Waals surface area (Å²) in [6.45, 7) is 7.18. The SMILES string of the molecule is COC(C)c1noc(CN(C)CC(C)(C)N)n1.Cl. The molecule has 6 nitrogen and oxygen atoms in total. The van der Waals surface area contributed by atoms with E-state index < -0.39 is 0 Å². The summed E-state index contributed by atoms with van der Waals surface area (Å²) in [7, 11) is 3.59. The number of nitrogens with zero attached hydrogens (tertiary/aromatic N) is 3. The van der Waals surface area contributed by atoms with E-state index in [1.807, 2.05) is 27.8 Å². The third kappa shape index (κ3) is 5.77. The van der Waals surface area contributed by atoms with Crippen LogP contribution in [0.5, 0.6) is 0 Å². The van der Waals surface area contributed by atoms with Crippen molar-refractivity contribution in [3.05, 3.63) is 11.7 Å². The highest BCUT2D eigenvalue weighted by molar-refractivity contribution is 5.85. The van der Waals surface area contributed by atoms with E-state index in [1.165, 1.54) is 0 Å². The van der Waals surface area contributed by atoms with Gasteiger partial charge >= 0.3 is 0 Å². The quantitative estimate of drug-likeness (QED) is 0.847. The molecule has 0 fully saturated rings. The van der Waals surface area contributed by atoms with Crippen molar-refractivity contribution in [1.29, 1.82) is 0 Å². The maximum atomic E-state index is 5.94. The van der Waals surface area contributed by atoms with E-state index in [-0.39, 0.29) is 24.0 Å². The minimum atomic E-state index is -0.239. The van der Waals surface area contributed by atoms with Crippen molar-refractivity contribution in [1.82, 2.24) is 15.0 Å². The first kappa shape index (κ1) is 17.3. The molecule has 1 rings (SSSR count). The van der Waals surface area contributed by atoms with Gasteiger partial charge in [-0.15, -0.1) is 12.4 Å². The molecule has 0 amide bonds. The number of likely N-dealkylation sites (N-methyl/N-ethyl adjacent to an activating group) is 1. The molecular weight excluding hydrogens is 256 g/mol. The maximum absolute atomic E-state index is 5.94. The van der Waals surface area contributed by atoms with Crippen molar-refractivity contribution >= 4 is 12.4 Å². The van der Waals surface area contributed by atoms with Crippen LogP contribution in [0.25, 0.3) is 0 Å². The highest BCUT2D eigenvalue weighted by atomic mass is 35.5. The zero-order valence-corrected chi connectivity index (χ0v) is 12.5. The van der Waals surface area contributed by atoms with Crippen LogP contribution >= 0.6 is 12.4 Å². The number of methoxy groups -OCH3 is 1. The van der Waals surface area contributed by atoms with Crippen LogP contribution in [0.3, 0.4) is 0 Å². The van der Waals surface area contributed by atoms with Crippen molar-refractivity contribution in [3.8, 4) is 0 Å². The second-order valence-electron chi connectivity index (χ2n) is 5.09. The van der Waals surface area contributed by atoms with E-state index in [1.54, 1.807) is 7.11 Å². The average Bonchev–Trinajstić information content (AvgIpc) is 2.62. The second kappa shape index (κ2) is 7.04. The molecule has 0 aliphatic heterocycles. The fourth-order valence-corrected chi connectivity index (χ4v) is 1.59. The maximum Gasteiger partial charge on any atom is 0.240 e. The van der Waals surface area contributed by atoms with Crippen molar-refractivity contribution in [2.24, 2.45) is 5.73 Å². The monoisotopic (exact) mass is 278 g/mol. The minimum absolute atomic E-state index is 0. The Morgan fingerprint density at radius 3 is 2.61 bits per heavy atom. The summed E-state index contributed by atoms with van der Waals surface area (Å²) in [6.07, 6.45) is -0.149. The fraction of sp³-hybridized carbons (Fsp3) is 0.818. The Kier molecular flexibility index (Phi) is 6.77. The lowest BCUT2D eigenvalue weighted by Gasteiger charge is -2.25. The van der Waals surface area contributed by atoms with E-state index in [0.717, 1.165) is 6.54 Å². The second-order valence-corrected chi connectivity index (χ2v) is 5.09. The molecule has 0 aliphatic rings. The van der Waals surface area contributed by atoms with Gasteiger partial charge in [0, 0.05) is 19.2 Å². The fourth-order valence-electron chi connectivity index (χ4n) is 1.59. The molecule has 0 saturated heterocycles. The Hall–Kier alpha value is -0.690. The van der Waals surface area contributed by atoms with Crippen LogP contribution in [-0.4, -0.2) is 41.3 Å². The highest BCUT2D eigenvalue weighted by Gasteiger charge is 2.17. The normalized spacial score (nSPS) is 13.5. The molecule has 0 aromatic carbocycles. The molecule has 7 heteroatoms. The van der Waals surface area contributed by atoms with Gasteiger partial charge in [0.1, 0.15) is 6.10 Å². The Morgan fingerprint density at radius 1 is 1.50 bits per heavy atom. The molecule has 0 saturated carbocycles. The Balaban J connectivity index is 0.00000289. The number of halogens is 1. The number of rotatable bonds is 6. The number of hydrogen-bond donors (Lipinski definition) is 1. The lowest BCUT2D eigenvalue weighted by atomic mass is 10.1. The van der Waals surface area contributed by atoms with Crippen molar-refractivity contribution < 1.29 is 9.26 Å². The van der Waals surface area contributed by atoms with Gasteiger partial charge in [0.05, 0.1) is 6.54 Å². The van der Waals surface area contributed by atoms with Gasteiger partial charge < -0.3 is 15.0 Å². The number of aromatic nitrogens is 2. The molecule has 106 valence electrons. The Labute approximate surface area is 114 Å². The lowest BCUT2D eigenvalue weighted by molar-refractivity contribution is 0.109. The summed E-state index contributed by atoms with van der Waals surface area (Å²) in [5.74, 6) is 1.15. The molecule has 1 atom stereocenters. The first-order valence-electron chi connectivity index (χ1n) is 5.64. The van der Waals surface area contributed by atoms with Gasteiger partial charge in [-0.3, -0.25) is 4.90 Å². The molecule has 18 heavy (non-hydrogen) atoms. The highest BCUT2D eigenvalue weighted by Crippen LogP contribution is 2.12. The smallest absolute Gasteiger partial charge is 0.240 e. The standard InChI is InChI=1S/C11H22N4O2.ClH/c1-8(16-5)10-13-9(17-14-10)6-15(4)7-11(2,3)12;/h8H,6-7,12H2,1-5H3;1H. The predicted octanol–water partition coefficient (Wildman–Crippen LogP) is 1.37. The van der Waals surface area contributed by atoms with Gasteiger partial charge in [0.2, 0.25) is 5.89 Å². The number of nitrogens with two attached hydrogens (primary N) is 1. The van der Waals surface area contributed by atoms with E-state index in [0.29, 0.717) is 18.3 Å². The molecule has 0 radical (unpaired) electrons. The molecule has 1 unspecified atom stereocenters. The predicted molar refractivity (Wildman–Crippen MR) is 71.6 cm³/mol. The Bertz CT molecular complexity index is 351. The van der Waals surface area contributed by atoms with Crippen LogP contribution in [0.4, 0.5) is 0 Å². The van der Waals surface area contributed by atoms with Gasteiger partial charge in [-0.25, -0.2) is 0 Å². The molecular formula is C11H23ClN4O2. The van der Waals surface area contributed by atoms with Gasteiger partial charge in [0.15, 0.2) is 5.82 Å². The van der Waals surface area contributed by atoms with Crippen LogP contribution in [0.2, 0.25) is 0 Å². The third-order valence-corrected chi connectivity index (χ3v) is 2.28. The lowest BCUT2D eigenvalue weighted by Crippen LogP contribution is -2.43. The topological polar surface area (TPSA) is 77.4 Å². The van der Waals surface area contributed by atoms with Crippen LogP contribution in [-0.2, 0) is 11.3 Å². The zero-order chi connectivity index (χ0) is 13.1. The summed E-state index contributed by atoms with van der Waals surface area (Å²) in [6, 6.07) is 0. The van der Waals surface area contributed by atoms with Crippen LogP contribution < -0.4 is 5.73 Å². The van der Waals surface area contributed by atoms with Crippen molar-refractivity contribution in [3.63, 3.8) is 0 Å². The molecule has 2 N–H and O–H groups in total. The van der Waals surface area contributed by atoms with E-state index >= 15 is 0 Å². The van der Waals surface area contributed by atoms with Crippen molar-refractivity contribution in [2.45, 2.75) is 39.0 Å². The minimum Gasteiger partial charge on any atom is -0.374 e. The third-order valence-electron chi connectivity index (χ3n) is 2.28.